The molecule has 0 saturated carbocycles. The average molecular weight is 762 g/mol. The van der Waals surface area contributed by atoms with Crippen molar-refractivity contribution in [3.8, 4) is 0 Å². The third-order valence-electron chi connectivity index (χ3n) is 10.7. The van der Waals surface area contributed by atoms with Crippen molar-refractivity contribution in [1.82, 2.24) is 5.32 Å². The Morgan fingerprint density at radius 1 is 0.500 bits per heavy atom. The lowest BCUT2D eigenvalue weighted by molar-refractivity contribution is -0.143. The molecule has 6 heteroatoms. The zero-order valence-electron chi connectivity index (χ0n) is 36.0. The molecule has 54 heavy (non-hydrogen) atoms. The third-order valence-corrected chi connectivity index (χ3v) is 10.7. The van der Waals surface area contributed by atoms with Gasteiger partial charge < -0.3 is 20.3 Å². The van der Waals surface area contributed by atoms with Gasteiger partial charge in [-0.1, -0.05) is 186 Å². The van der Waals surface area contributed by atoms with E-state index in [4.69, 9.17) is 4.74 Å². The number of esters is 1. The SMILES string of the molecule is CCCC/C=C\CCCCCCCC(=O)OCCCCCCCC/C=C\CCCCCCCCCC(=O)NC(CO)C(O)CCCCCCCCCCC. The molecular formula is C48H91NO5. The smallest absolute Gasteiger partial charge is 0.305 e. The van der Waals surface area contributed by atoms with Gasteiger partial charge in [0.25, 0.3) is 0 Å². The summed E-state index contributed by atoms with van der Waals surface area (Å²) in [6, 6.07) is -0.548. The number of hydrogen-bond donors (Lipinski definition) is 3. The van der Waals surface area contributed by atoms with E-state index in [1.165, 1.54) is 154 Å². The highest BCUT2D eigenvalue weighted by Crippen LogP contribution is 2.15. The van der Waals surface area contributed by atoms with Crippen LogP contribution >= 0.6 is 0 Å². The number of ether oxygens (including phenoxy) is 1. The maximum atomic E-state index is 12.4. The first-order valence-electron chi connectivity index (χ1n) is 23.6. The van der Waals surface area contributed by atoms with Crippen molar-refractivity contribution in [3.05, 3.63) is 24.3 Å². The first-order chi connectivity index (χ1) is 26.5. The van der Waals surface area contributed by atoms with Gasteiger partial charge in [-0.05, 0) is 70.6 Å². The molecule has 318 valence electrons. The first kappa shape index (κ1) is 52.3. The van der Waals surface area contributed by atoms with Gasteiger partial charge in [0.1, 0.15) is 0 Å². The minimum atomic E-state index is -0.669. The van der Waals surface area contributed by atoms with Crippen LogP contribution < -0.4 is 5.32 Å². The molecule has 0 spiro atoms. The summed E-state index contributed by atoms with van der Waals surface area (Å²) >= 11 is 0. The summed E-state index contributed by atoms with van der Waals surface area (Å²) in [6.45, 7) is 4.86. The van der Waals surface area contributed by atoms with Crippen LogP contribution in [0.3, 0.4) is 0 Å². The van der Waals surface area contributed by atoms with Gasteiger partial charge in [-0.25, -0.2) is 0 Å². The molecule has 0 rings (SSSR count). The van der Waals surface area contributed by atoms with Crippen LogP contribution in [0.15, 0.2) is 24.3 Å². The molecule has 0 aromatic heterocycles. The fourth-order valence-electron chi connectivity index (χ4n) is 7.02. The molecule has 0 aliphatic carbocycles. The van der Waals surface area contributed by atoms with Crippen LogP contribution in [0.25, 0.3) is 0 Å². The van der Waals surface area contributed by atoms with E-state index in [9.17, 15) is 19.8 Å². The summed E-state index contributed by atoms with van der Waals surface area (Å²) in [5.41, 5.74) is 0. The predicted octanol–water partition coefficient (Wildman–Crippen LogP) is 13.6. The molecule has 0 fully saturated rings. The van der Waals surface area contributed by atoms with E-state index >= 15 is 0 Å². The highest BCUT2D eigenvalue weighted by Gasteiger charge is 2.20. The fraction of sp³-hybridized carbons (Fsp3) is 0.875. The second-order valence-electron chi connectivity index (χ2n) is 16.1. The molecule has 0 aromatic rings. The van der Waals surface area contributed by atoms with Crippen LogP contribution in [0, 0.1) is 0 Å². The first-order valence-corrected chi connectivity index (χ1v) is 23.6. The van der Waals surface area contributed by atoms with Crippen LogP contribution in [-0.4, -0.2) is 47.4 Å². The zero-order chi connectivity index (χ0) is 39.4. The minimum absolute atomic E-state index is 0.0138. The highest BCUT2D eigenvalue weighted by atomic mass is 16.5. The minimum Gasteiger partial charge on any atom is -0.466 e. The molecule has 2 atom stereocenters. The normalized spacial score (nSPS) is 12.9. The highest BCUT2D eigenvalue weighted by molar-refractivity contribution is 5.76. The van der Waals surface area contributed by atoms with Gasteiger partial charge in [-0.2, -0.15) is 0 Å². The Bertz CT molecular complexity index is 843. The summed E-state index contributed by atoms with van der Waals surface area (Å²) in [6.07, 6.45) is 50.0. The van der Waals surface area contributed by atoms with Gasteiger partial charge in [0.15, 0.2) is 0 Å². The number of carbonyl (C=O) groups excluding carboxylic acids is 2. The largest absolute Gasteiger partial charge is 0.466 e. The Morgan fingerprint density at radius 3 is 1.37 bits per heavy atom. The van der Waals surface area contributed by atoms with E-state index in [-0.39, 0.29) is 18.5 Å². The van der Waals surface area contributed by atoms with Crippen molar-refractivity contribution < 1.29 is 24.5 Å². The molecule has 0 saturated heterocycles. The van der Waals surface area contributed by atoms with Gasteiger partial charge >= 0.3 is 5.97 Å². The van der Waals surface area contributed by atoms with E-state index in [0.29, 0.717) is 25.9 Å². The number of nitrogens with one attached hydrogen (secondary N) is 1. The van der Waals surface area contributed by atoms with Crippen molar-refractivity contribution in [2.24, 2.45) is 0 Å². The summed E-state index contributed by atoms with van der Waals surface area (Å²) < 4.78 is 5.43. The lowest BCUT2D eigenvalue weighted by Crippen LogP contribution is -2.45. The number of carbonyl (C=O) groups is 2. The molecule has 0 aliphatic heterocycles. The van der Waals surface area contributed by atoms with Crippen molar-refractivity contribution in [2.45, 2.75) is 257 Å². The van der Waals surface area contributed by atoms with E-state index in [1.807, 2.05) is 0 Å². The van der Waals surface area contributed by atoms with Gasteiger partial charge in [0.2, 0.25) is 5.91 Å². The van der Waals surface area contributed by atoms with Gasteiger partial charge in [0.05, 0.1) is 25.4 Å². The van der Waals surface area contributed by atoms with Crippen LogP contribution in [0.5, 0.6) is 0 Å². The number of allylic oxidation sites excluding steroid dienone is 4. The molecule has 0 aromatic carbocycles. The second kappa shape index (κ2) is 44.1. The van der Waals surface area contributed by atoms with Crippen LogP contribution in [0.2, 0.25) is 0 Å². The van der Waals surface area contributed by atoms with Crippen molar-refractivity contribution in [1.29, 1.82) is 0 Å². The Morgan fingerprint density at radius 2 is 0.889 bits per heavy atom. The van der Waals surface area contributed by atoms with Crippen molar-refractivity contribution in [2.75, 3.05) is 13.2 Å². The third kappa shape index (κ3) is 40.0. The Balaban J connectivity index is 3.45. The Kier molecular flexibility index (Phi) is 42.7. The Labute approximate surface area is 335 Å². The number of aliphatic hydroxyl groups is 2. The van der Waals surface area contributed by atoms with Gasteiger partial charge in [-0.15, -0.1) is 0 Å². The predicted molar refractivity (Wildman–Crippen MR) is 232 cm³/mol. The van der Waals surface area contributed by atoms with Crippen LogP contribution in [-0.2, 0) is 14.3 Å². The maximum Gasteiger partial charge on any atom is 0.305 e. The summed E-state index contributed by atoms with van der Waals surface area (Å²) in [7, 11) is 0. The van der Waals surface area contributed by atoms with Gasteiger partial charge in [-0.3, -0.25) is 9.59 Å². The topological polar surface area (TPSA) is 95.9 Å². The Hall–Kier alpha value is -1.66. The maximum absolute atomic E-state index is 12.4. The lowest BCUT2D eigenvalue weighted by atomic mass is 10.0. The number of hydrogen-bond acceptors (Lipinski definition) is 5. The molecule has 6 nitrogen and oxygen atoms in total. The number of rotatable bonds is 43. The van der Waals surface area contributed by atoms with Gasteiger partial charge in [0, 0.05) is 12.8 Å². The lowest BCUT2D eigenvalue weighted by Gasteiger charge is -2.22. The quantitative estimate of drug-likeness (QED) is 0.0327. The summed E-state index contributed by atoms with van der Waals surface area (Å²) in [5, 5.41) is 23.0. The molecule has 0 radical (unpaired) electrons. The fourth-order valence-corrected chi connectivity index (χ4v) is 7.02. The average Bonchev–Trinajstić information content (AvgIpc) is 3.17. The number of aliphatic hydroxyl groups excluding tert-OH is 2. The molecular weight excluding hydrogens is 671 g/mol. The molecule has 0 bridgehead atoms. The van der Waals surface area contributed by atoms with E-state index < -0.39 is 12.1 Å². The standard InChI is InChI=1S/C48H91NO5/c1-3-5-7-9-11-13-21-26-30-34-38-42-48(53)54-43-39-35-31-27-23-20-18-16-14-15-17-19-22-25-29-33-37-41-47(52)49-45(44-50)46(51)40-36-32-28-24-12-10-8-6-4-2/h9,11,14,16,45-46,50-51H,3-8,10,12-13,15,17-44H2,1-2H3,(H,49,52)/b11-9-,16-14-. The zero-order valence-corrected chi connectivity index (χ0v) is 36.0. The van der Waals surface area contributed by atoms with Crippen molar-refractivity contribution in [3.63, 3.8) is 0 Å². The van der Waals surface area contributed by atoms with E-state index in [2.05, 4.69) is 43.5 Å². The second-order valence-corrected chi connectivity index (χ2v) is 16.1. The molecule has 3 N–H and O–H groups in total. The monoisotopic (exact) mass is 762 g/mol. The molecule has 0 heterocycles. The molecule has 2 unspecified atom stereocenters. The van der Waals surface area contributed by atoms with E-state index in [0.717, 1.165) is 57.8 Å². The van der Waals surface area contributed by atoms with Crippen LogP contribution in [0.4, 0.5) is 0 Å². The number of amides is 1. The molecule has 0 aliphatic rings. The van der Waals surface area contributed by atoms with E-state index in [1.54, 1.807) is 0 Å². The summed E-state index contributed by atoms with van der Waals surface area (Å²) in [5.74, 6) is -0.0645. The summed E-state index contributed by atoms with van der Waals surface area (Å²) in [4.78, 5) is 24.3. The van der Waals surface area contributed by atoms with Crippen LogP contribution in [0.1, 0.15) is 245 Å². The van der Waals surface area contributed by atoms with Crippen molar-refractivity contribution >= 4 is 11.9 Å². The molecule has 1 amide bonds. The number of unbranched alkanes of at least 4 members (excludes halogenated alkanes) is 28.